The lowest BCUT2D eigenvalue weighted by atomic mass is 10.2. The zero-order valence-electron chi connectivity index (χ0n) is 10.9. The number of nitrogens with one attached hydrogen (secondary N) is 2. The fourth-order valence-corrected chi connectivity index (χ4v) is 2.39. The average molecular weight is 276 g/mol. The van der Waals surface area contributed by atoms with Gasteiger partial charge >= 0.3 is 0 Å². The van der Waals surface area contributed by atoms with E-state index in [0.29, 0.717) is 10.0 Å². The van der Waals surface area contributed by atoms with Crippen LogP contribution in [0.5, 0.6) is 0 Å². The van der Waals surface area contributed by atoms with Crippen molar-refractivity contribution in [2.75, 3.05) is 22.9 Å². The topological polar surface area (TPSA) is 80.0 Å². The third-order valence-corrected chi connectivity index (χ3v) is 3.52. The SMILES string of the molecule is CCNc1nc(N)c(C(=O)Nc2ccc(C)cc2)s1. The molecule has 5 nitrogen and oxygen atoms in total. The first-order chi connectivity index (χ1) is 9.10. The summed E-state index contributed by atoms with van der Waals surface area (Å²) in [6.45, 7) is 4.70. The summed E-state index contributed by atoms with van der Waals surface area (Å²) in [5.74, 6) is 0.0218. The summed E-state index contributed by atoms with van der Waals surface area (Å²) in [6.07, 6.45) is 0. The summed E-state index contributed by atoms with van der Waals surface area (Å²) in [5.41, 5.74) is 7.64. The third-order valence-electron chi connectivity index (χ3n) is 2.50. The molecule has 0 aliphatic carbocycles. The molecule has 0 radical (unpaired) electrons. The minimum atomic E-state index is -0.233. The molecule has 1 aromatic heterocycles. The Kier molecular flexibility index (Phi) is 4.01. The lowest BCUT2D eigenvalue weighted by Gasteiger charge is -2.03. The van der Waals surface area contributed by atoms with Crippen LogP contribution in [-0.2, 0) is 0 Å². The molecule has 0 atom stereocenters. The third kappa shape index (κ3) is 3.23. The number of aryl methyl sites for hydroxylation is 1. The van der Waals surface area contributed by atoms with E-state index in [1.165, 1.54) is 11.3 Å². The van der Waals surface area contributed by atoms with Crippen molar-refractivity contribution < 1.29 is 4.79 Å². The van der Waals surface area contributed by atoms with Gasteiger partial charge in [0, 0.05) is 12.2 Å². The maximum absolute atomic E-state index is 12.1. The molecule has 2 aromatic rings. The second kappa shape index (κ2) is 5.71. The Labute approximate surface area is 115 Å². The number of hydrogen-bond acceptors (Lipinski definition) is 5. The van der Waals surface area contributed by atoms with Crippen LogP contribution >= 0.6 is 11.3 Å². The van der Waals surface area contributed by atoms with Gasteiger partial charge in [-0.05, 0) is 26.0 Å². The number of nitrogens with two attached hydrogens (primary N) is 1. The van der Waals surface area contributed by atoms with Crippen LogP contribution in [0.3, 0.4) is 0 Å². The highest BCUT2D eigenvalue weighted by Gasteiger charge is 2.15. The summed E-state index contributed by atoms with van der Waals surface area (Å²) in [5, 5.41) is 6.51. The summed E-state index contributed by atoms with van der Waals surface area (Å²) in [6, 6.07) is 7.59. The van der Waals surface area contributed by atoms with Crippen molar-refractivity contribution in [2.45, 2.75) is 13.8 Å². The van der Waals surface area contributed by atoms with Crippen molar-refractivity contribution in [1.29, 1.82) is 0 Å². The van der Waals surface area contributed by atoms with Gasteiger partial charge in [-0.15, -0.1) is 0 Å². The predicted molar refractivity (Wildman–Crippen MR) is 79.8 cm³/mol. The quantitative estimate of drug-likeness (QED) is 0.802. The zero-order valence-corrected chi connectivity index (χ0v) is 11.7. The molecule has 4 N–H and O–H groups in total. The van der Waals surface area contributed by atoms with E-state index in [1.54, 1.807) is 0 Å². The molecule has 1 amide bonds. The van der Waals surface area contributed by atoms with Crippen LogP contribution in [0.2, 0.25) is 0 Å². The molecule has 100 valence electrons. The molecule has 0 unspecified atom stereocenters. The Bertz CT molecular complexity index is 577. The molecule has 0 saturated heterocycles. The standard InChI is InChI=1S/C13H16N4OS/c1-3-15-13-17-11(14)10(19-13)12(18)16-9-6-4-8(2)5-7-9/h4-7H,3,14H2,1-2H3,(H,15,17)(H,16,18). The van der Waals surface area contributed by atoms with Gasteiger partial charge in [-0.1, -0.05) is 29.0 Å². The summed E-state index contributed by atoms with van der Waals surface area (Å²) >= 11 is 1.26. The van der Waals surface area contributed by atoms with Gasteiger partial charge in [0.25, 0.3) is 5.91 Å². The van der Waals surface area contributed by atoms with E-state index in [1.807, 2.05) is 38.1 Å². The summed E-state index contributed by atoms with van der Waals surface area (Å²) in [7, 11) is 0. The normalized spacial score (nSPS) is 10.2. The maximum Gasteiger partial charge on any atom is 0.269 e. The molecule has 0 saturated carbocycles. The number of rotatable bonds is 4. The Morgan fingerprint density at radius 1 is 1.37 bits per heavy atom. The van der Waals surface area contributed by atoms with E-state index in [0.717, 1.165) is 17.8 Å². The van der Waals surface area contributed by atoms with Crippen LogP contribution in [0.25, 0.3) is 0 Å². The molecule has 6 heteroatoms. The van der Waals surface area contributed by atoms with E-state index in [2.05, 4.69) is 15.6 Å². The van der Waals surface area contributed by atoms with Gasteiger partial charge < -0.3 is 16.4 Å². The highest BCUT2D eigenvalue weighted by molar-refractivity contribution is 7.18. The van der Waals surface area contributed by atoms with Crippen LogP contribution in [-0.4, -0.2) is 17.4 Å². The first kappa shape index (κ1) is 13.4. The Morgan fingerprint density at radius 2 is 2.05 bits per heavy atom. The predicted octanol–water partition coefficient (Wildman–Crippen LogP) is 2.72. The van der Waals surface area contributed by atoms with Gasteiger partial charge in [0.15, 0.2) is 5.13 Å². The van der Waals surface area contributed by atoms with Crippen LogP contribution in [0, 0.1) is 6.92 Å². The second-order valence-corrected chi connectivity index (χ2v) is 5.08. The Morgan fingerprint density at radius 3 is 2.68 bits per heavy atom. The van der Waals surface area contributed by atoms with Crippen molar-refractivity contribution >= 4 is 33.9 Å². The molecule has 0 aliphatic heterocycles. The van der Waals surface area contributed by atoms with Gasteiger partial charge in [0.1, 0.15) is 10.7 Å². The summed E-state index contributed by atoms with van der Waals surface area (Å²) < 4.78 is 0. The number of benzene rings is 1. The van der Waals surface area contributed by atoms with Crippen LogP contribution < -0.4 is 16.4 Å². The van der Waals surface area contributed by atoms with Crippen LogP contribution in [0.1, 0.15) is 22.2 Å². The molecular formula is C13H16N4OS. The van der Waals surface area contributed by atoms with Gasteiger partial charge in [-0.2, -0.15) is 0 Å². The number of anilines is 3. The highest BCUT2D eigenvalue weighted by atomic mass is 32.1. The summed E-state index contributed by atoms with van der Waals surface area (Å²) in [4.78, 5) is 16.6. The number of nitrogens with zero attached hydrogens (tertiary/aromatic N) is 1. The van der Waals surface area contributed by atoms with Gasteiger partial charge in [-0.3, -0.25) is 4.79 Å². The van der Waals surface area contributed by atoms with Crippen molar-refractivity contribution in [3.05, 3.63) is 34.7 Å². The number of amides is 1. The number of carbonyl (C=O) groups excluding carboxylic acids is 1. The first-order valence-electron chi connectivity index (χ1n) is 5.98. The highest BCUT2D eigenvalue weighted by Crippen LogP contribution is 2.25. The first-order valence-corrected chi connectivity index (χ1v) is 6.80. The molecule has 0 aliphatic rings. The molecule has 0 spiro atoms. The van der Waals surface area contributed by atoms with Gasteiger partial charge in [0.05, 0.1) is 0 Å². The van der Waals surface area contributed by atoms with Crippen molar-refractivity contribution in [3.8, 4) is 0 Å². The van der Waals surface area contributed by atoms with Crippen LogP contribution in [0.4, 0.5) is 16.6 Å². The van der Waals surface area contributed by atoms with E-state index >= 15 is 0 Å². The molecular weight excluding hydrogens is 260 g/mol. The Hall–Kier alpha value is -2.08. The van der Waals surface area contributed by atoms with E-state index in [-0.39, 0.29) is 11.7 Å². The minimum absolute atomic E-state index is 0.233. The fourth-order valence-electron chi connectivity index (χ4n) is 1.55. The average Bonchev–Trinajstić information content (AvgIpc) is 2.74. The number of carbonyl (C=O) groups is 1. The molecule has 0 bridgehead atoms. The van der Waals surface area contributed by atoms with Crippen molar-refractivity contribution in [1.82, 2.24) is 4.98 Å². The van der Waals surface area contributed by atoms with E-state index in [4.69, 9.17) is 5.73 Å². The maximum atomic E-state index is 12.1. The fraction of sp³-hybridized carbons (Fsp3) is 0.231. The van der Waals surface area contributed by atoms with Crippen LogP contribution in [0.15, 0.2) is 24.3 Å². The van der Waals surface area contributed by atoms with Crippen molar-refractivity contribution in [3.63, 3.8) is 0 Å². The molecule has 0 fully saturated rings. The van der Waals surface area contributed by atoms with Gasteiger partial charge in [-0.25, -0.2) is 4.98 Å². The number of hydrogen-bond donors (Lipinski definition) is 3. The molecule has 2 rings (SSSR count). The number of aromatic nitrogens is 1. The Balaban J connectivity index is 2.13. The minimum Gasteiger partial charge on any atom is -0.382 e. The number of nitrogen functional groups attached to an aromatic ring is 1. The molecule has 1 heterocycles. The molecule has 19 heavy (non-hydrogen) atoms. The lowest BCUT2D eigenvalue weighted by Crippen LogP contribution is -2.12. The number of thiazole rings is 1. The lowest BCUT2D eigenvalue weighted by molar-refractivity contribution is 0.103. The van der Waals surface area contributed by atoms with Gasteiger partial charge in [0.2, 0.25) is 0 Å². The largest absolute Gasteiger partial charge is 0.382 e. The van der Waals surface area contributed by atoms with E-state index in [9.17, 15) is 4.79 Å². The second-order valence-electron chi connectivity index (χ2n) is 4.08. The zero-order chi connectivity index (χ0) is 13.8. The smallest absolute Gasteiger partial charge is 0.269 e. The van der Waals surface area contributed by atoms with E-state index < -0.39 is 0 Å². The molecule has 1 aromatic carbocycles. The van der Waals surface area contributed by atoms with Crippen molar-refractivity contribution in [2.24, 2.45) is 0 Å². The monoisotopic (exact) mass is 276 g/mol.